The van der Waals surface area contributed by atoms with Gasteiger partial charge in [-0.25, -0.2) is 5.43 Å². The van der Waals surface area contributed by atoms with Crippen LogP contribution in [0.1, 0.15) is 27.8 Å². The van der Waals surface area contributed by atoms with Crippen LogP contribution in [0.4, 0.5) is 5.69 Å². The van der Waals surface area contributed by atoms with Crippen molar-refractivity contribution in [2.45, 2.75) is 27.4 Å². The maximum absolute atomic E-state index is 12.1. The van der Waals surface area contributed by atoms with Gasteiger partial charge in [-0.05, 0) is 73.4 Å². The number of carbonyl (C=O) groups excluding carboxylic acids is 2. The second-order valence-corrected chi connectivity index (χ2v) is 7.71. The first-order chi connectivity index (χ1) is 15.8. The number of hydrogen-bond acceptors (Lipinski definition) is 5. The SMILES string of the molecule is COc1cc(/C=N/NC(=O)C(=O)Nc2cc(C)cc(C)c2)ccc1OCc1ccc(C)cc1. The van der Waals surface area contributed by atoms with Crippen molar-refractivity contribution >= 4 is 23.7 Å². The molecule has 7 heteroatoms. The lowest BCUT2D eigenvalue weighted by molar-refractivity contribution is -0.136. The summed E-state index contributed by atoms with van der Waals surface area (Å²) in [4.78, 5) is 24.1. The highest BCUT2D eigenvalue weighted by Gasteiger charge is 2.13. The Morgan fingerprint density at radius 1 is 0.848 bits per heavy atom. The van der Waals surface area contributed by atoms with Crippen LogP contribution < -0.4 is 20.2 Å². The molecule has 0 radical (unpaired) electrons. The number of methoxy groups -OCH3 is 1. The molecule has 2 amide bonds. The van der Waals surface area contributed by atoms with Crippen LogP contribution in [0.2, 0.25) is 0 Å². The number of amides is 2. The third-order valence-corrected chi connectivity index (χ3v) is 4.77. The summed E-state index contributed by atoms with van der Waals surface area (Å²) in [7, 11) is 1.55. The van der Waals surface area contributed by atoms with Crippen molar-refractivity contribution in [2.75, 3.05) is 12.4 Å². The van der Waals surface area contributed by atoms with Crippen LogP contribution in [-0.4, -0.2) is 25.1 Å². The molecule has 0 unspecified atom stereocenters. The first-order valence-corrected chi connectivity index (χ1v) is 10.4. The molecule has 0 atom stereocenters. The van der Waals surface area contributed by atoms with Crippen LogP contribution in [0.25, 0.3) is 0 Å². The zero-order valence-electron chi connectivity index (χ0n) is 19.1. The fourth-order valence-corrected chi connectivity index (χ4v) is 3.18. The Balaban J connectivity index is 1.57. The molecule has 0 saturated heterocycles. The average molecular weight is 446 g/mol. The van der Waals surface area contributed by atoms with E-state index in [0.29, 0.717) is 29.4 Å². The molecule has 3 aromatic carbocycles. The van der Waals surface area contributed by atoms with E-state index in [1.165, 1.54) is 11.8 Å². The Morgan fingerprint density at radius 3 is 2.21 bits per heavy atom. The highest BCUT2D eigenvalue weighted by atomic mass is 16.5. The van der Waals surface area contributed by atoms with Crippen LogP contribution in [0.5, 0.6) is 11.5 Å². The fourth-order valence-electron chi connectivity index (χ4n) is 3.18. The lowest BCUT2D eigenvalue weighted by atomic mass is 10.1. The average Bonchev–Trinajstić information content (AvgIpc) is 2.78. The van der Waals surface area contributed by atoms with Crippen molar-refractivity contribution < 1.29 is 19.1 Å². The van der Waals surface area contributed by atoms with Crippen molar-refractivity contribution in [1.82, 2.24) is 5.43 Å². The maximum atomic E-state index is 12.1. The number of nitrogens with zero attached hydrogens (tertiary/aromatic N) is 1. The zero-order chi connectivity index (χ0) is 23.8. The predicted molar refractivity (Wildman–Crippen MR) is 129 cm³/mol. The Hall–Kier alpha value is -4.13. The number of carbonyl (C=O) groups is 2. The number of ether oxygens (including phenoxy) is 2. The van der Waals surface area contributed by atoms with E-state index in [1.54, 1.807) is 37.4 Å². The van der Waals surface area contributed by atoms with Gasteiger partial charge in [0.2, 0.25) is 0 Å². The molecule has 170 valence electrons. The summed E-state index contributed by atoms with van der Waals surface area (Å²) in [6.45, 7) is 6.28. The summed E-state index contributed by atoms with van der Waals surface area (Å²) in [5.41, 5.74) is 7.68. The molecule has 0 aromatic heterocycles. The standard InChI is InChI=1S/C26H27N3O4/c1-17-5-7-20(8-6-17)16-33-23-10-9-21(14-24(23)32-4)15-27-29-26(31)25(30)28-22-12-18(2)11-19(3)13-22/h5-15H,16H2,1-4H3,(H,28,30)(H,29,31)/b27-15+. The molecule has 0 saturated carbocycles. The van der Waals surface area contributed by atoms with Crippen molar-refractivity contribution in [3.8, 4) is 11.5 Å². The molecule has 0 aliphatic rings. The van der Waals surface area contributed by atoms with Gasteiger partial charge in [0.15, 0.2) is 11.5 Å². The summed E-state index contributed by atoms with van der Waals surface area (Å²) in [6, 6.07) is 18.9. The molecule has 0 bridgehead atoms. The fraction of sp³-hybridized carbons (Fsp3) is 0.192. The minimum Gasteiger partial charge on any atom is -0.493 e. The molecule has 0 spiro atoms. The van der Waals surface area contributed by atoms with Crippen LogP contribution in [0.3, 0.4) is 0 Å². The number of benzene rings is 3. The van der Waals surface area contributed by atoms with Gasteiger partial charge in [0.25, 0.3) is 0 Å². The maximum Gasteiger partial charge on any atom is 0.329 e. The Morgan fingerprint density at radius 2 is 1.55 bits per heavy atom. The van der Waals surface area contributed by atoms with Gasteiger partial charge in [0, 0.05) is 5.69 Å². The van der Waals surface area contributed by atoms with E-state index < -0.39 is 11.8 Å². The quantitative estimate of drug-likeness (QED) is 0.323. The van der Waals surface area contributed by atoms with Gasteiger partial charge in [0.05, 0.1) is 13.3 Å². The van der Waals surface area contributed by atoms with Crippen molar-refractivity contribution in [2.24, 2.45) is 5.10 Å². The molecule has 3 rings (SSSR count). The number of aryl methyl sites for hydroxylation is 3. The Kier molecular flexibility index (Phi) is 7.81. The molecule has 0 fully saturated rings. The zero-order valence-corrected chi connectivity index (χ0v) is 19.1. The summed E-state index contributed by atoms with van der Waals surface area (Å²) in [5.74, 6) is -0.540. The molecule has 2 N–H and O–H groups in total. The van der Waals surface area contributed by atoms with E-state index in [1.807, 2.05) is 51.1 Å². The number of nitrogens with one attached hydrogen (secondary N) is 2. The smallest absolute Gasteiger partial charge is 0.329 e. The Bertz CT molecular complexity index is 1150. The molecule has 3 aromatic rings. The summed E-state index contributed by atoms with van der Waals surface area (Å²) < 4.78 is 11.3. The molecular weight excluding hydrogens is 418 g/mol. The van der Waals surface area contributed by atoms with Crippen molar-refractivity contribution in [1.29, 1.82) is 0 Å². The van der Waals surface area contributed by atoms with Crippen LogP contribution in [0, 0.1) is 20.8 Å². The van der Waals surface area contributed by atoms with Gasteiger partial charge in [-0.15, -0.1) is 0 Å². The second kappa shape index (κ2) is 10.9. The lowest BCUT2D eigenvalue weighted by Gasteiger charge is -2.11. The van der Waals surface area contributed by atoms with Crippen LogP contribution in [-0.2, 0) is 16.2 Å². The summed E-state index contributed by atoms with van der Waals surface area (Å²) >= 11 is 0. The van der Waals surface area contributed by atoms with E-state index >= 15 is 0 Å². The molecule has 7 nitrogen and oxygen atoms in total. The summed E-state index contributed by atoms with van der Waals surface area (Å²) in [6.07, 6.45) is 1.42. The number of hydrazone groups is 1. The van der Waals surface area contributed by atoms with E-state index in [2.05, 4.69) is 15.8 Å². The highest BCUT2D eigenvalue weighted by molar-refractivity contribution is 6.39. The molecule has 0 aliphatic carbocycles. The molecule has 33 heavy (non-hydrogen) atoms. The van der Waals surface area contributed by atoms with E-state index in [4.69, 9.17) is 9.47 Å². The van der Waals surface area contributed by atoms with Gasteiger partial charge >= 0.3 is 11.8 Å². The third-order valence-electron chi connectivity index (χ3n) is 4.77. The van der Waals surface area contributed by atoms with Crippen molar-refractivity contribution in [3.05, 3.63) is 88.5 Å². The van der Waals surface area contributed by atoms with Crippen molar-refractivity contribution in [3.63, 3.8) is 0 Å². The second-order valence-electron chi connectivity index (χ2n) is 7.71. The van der Waals surface area contributed by atoms with Gasteiger partial charge < -0.3 is 14.8 Å². The predicted octanol–water partition coefficient (Wildman–Crippen LogP) is 4.29. The third kappa shape index (κ3) is 6.93. The minimum absolute atomic E-state index is 0.412. The van der Waals surface area contributed by atoms with Crippen LogP contribution >= 0.6 is 0 Å². The van der Waals surface area contributed by atoms with Crippen LogP contribution in [0.15, 0.2) is 65.8 Å². The van der Waals surface area contributed by atoms with E-state index in [-0.39, 0.29) is 0 Å². The number of rotatable bonds is 7. The molecular formula is C26H27N3O4. The largest absolute Gasteiger partial charge is 0.493 e. The topological polar surface area (TPSA) is 89.0 Å². The number of hydrogen-bond donors (Lipinski definition) is 2. The van der Waals surface area contributed by atoms with Gasteiger partial charge in [0.1, 0.15) is 6.61 Å². The lowest BCUT2D eigenvalue weighted by Crippen LogP contribution is -2.32. The van der Waals surface area contributed by atoms with E-state index in [9.17, 15) is 9.59 Å². The van der Waals surface area contributed by atoms with E-state index in [0.717, 1.165) is 16.7 Å². The summed E-state index contributed by atoms with van der Waals surface area (Å²) in [5, 5.41) is 6.43. The minimum atomic E-state index is -0.865. The Labute approximate surface area is 193 Å². The number of anilines is 1. The normalized spacial score (nSPS) is 10.7. The first kappa shape index (κ1) is 23.5. The monoisotopic (exact) mass is 445 g/mol. The highest BCUT2D eigenvalue weighted by Crippen LogP contribution is 2.28. The van der Waals surface area contributed by atoms with Gasteiger partial charge in [-0.1, -0.05) is 35.9 Å². The molecule has 0 heterocycles. The van der Waals surface area contributed by atoms with Gasteiger partial charge in [-0.3, -0.25) is 9.59 Å². The molecule has 0 aliphatic heterocycles. The van der Waals surface area contributed by atoms with Gasteiger partial charge in [-0.2, -0.15) is 5.10 Å². The first-order valence-electron chi connectivity index (χ1n) is 10.4.